The number of alkyl halides is 3. The minimum atomic E-state index is -4.50. The van der Waals surface area contributed by atoms with Crippen LogP contribution in [-0.4, -0.2) is 45.5 Å². The summed E-state index contributed by atoms with van der Waals surface area (Å²) in [5.74, 6) is -2.43. The lowest BCUT2D eigenvalue weighted by molar-refractivity contribution is -0.137. The summed E-state index contributed by atoms with van der Waals surface area (Å²) >= 11 is 0. The van der Waals surface area contributed by atoms with Crippen LogP contribution in [0, 0.1) is 5.82 Å². The molecule has 2 aromatic carbocycles. The second kappa shape index (κ2) is 10.2. The lowest BCUT2D eigenvalue weighted by atomic mass is 10.1. The Kier molecular flexibility index (Phi) is 7.09. The number of hydrogen-bond acceptors (Lipinski definition) is 4. The summed E-state index contributed by atoms with van der Waals surface area (Å²) in [6, 6.07) is 8.93. The molecule has 0 saturated carbocycles. The number of carbonyl (C=O) groups is 3. The minimum Gasteiger partial charge on any atom is -0.478 e. The number of carboxylic acid groups (broad SMARTS) is 1. The van der Waals surface area contributed by atoms with E-state index >= 15 is 0 Å². The third-order valence-corrected chi connectivity index (χ3v) is 5.79. The Bertz CT molecular complexity index is 1330. The molecule has 37 heavy (non-hydrogen) atoms. The number of hydrogen-bond donors (Lipinski definition) is 3. The number of anilines is 2. The van der Waals surface area contributed by atoms with Gasteiger partial charge in [-0.1, -0.05) is 12.1 Å². The van der Waals surface area contributed by atoms with Gasteiger partial charge in [-0.3, -0.25) is 9.78 Å². The predicted octanol–water partition coefficient (Wildman–Crippen LogP) is 5.24. The number of urea groups is 1. The van der Waals surface area contributed by atoms with Crippen LogP contribution >= 0.6 is 0 Å². The average molecular weight is 516 g/mol. The van der Waals surface area contributed by atoms with Crippen molar-refractivity contribution in [3.05, 3.63) is 77.7 Å². The van der Waals surface area contributed by atoms with Crippen molar-refractivity contribution in [2.45, 2.75) is 25.1 Å². The van der Waals surface area contributed by atoms with Crippen molar-refractivity contribution in [3.8, 4) is 11.3 Å². The molecule has 2 heterocycles. The largest absolute Gasteiger partial charge is 0.478 e. The molecule has 4 rings (SSSR count). The molecule has 1 saturated heterocycles. The number of aromatic nitrogens is 1. The summed E-state index contributed by atoms with van der Waals surface area (Å²) in [5.41, 5.74) is -0.300. The molecule has 3 aromatic rings. The van der Waals surface area contributed by atoms with Gasteiger partial charge in [-0.15, -0.1) is 0 Å². The summed E-state index contributed by atoms with van der Waals surface area (Å²) in [4.78, 5) is 41.8. The van der Waals surface area contributed by atoms with Crippen LogP contribution in [0.5, 0.6) is 0 Å². The number of amides is 3. The molecule has 3 N–H and O–H groups in total. The van der Waals surface area contributed by atoms with E-state index in [-0.39, 0.29) is 29.2 Å². The number of halogens is 4. The van der Waals surface area contributed by atoms with Crippen LogP contribution < -0.4 is 10.6 Å². The maximum absolute atomic E-state index is 14.7. The lowest BCUT2D eigenvalue weighted by Crippen LogP contribution is -2.45. The molecule has 0 aliphatic carbocycles. The second-order valence-corrected chi connectivity index (χ2v) is 8.28. The molecule has 1 aliphatic rings. The first-order valence-electron chi connectivity index (χ1n) is 11.1. The summed E-state index contributed by atoms with van der Waals surface area (Å²) in [7, 11) is 0. The van der Waals surface area contributed by atoms with Crippen LogP contribution in [-0.2, 0) is 11.0 Å². The highest BCUT2D eigenvalue weighted by Crippen LogP contribution is 2.30. The molecular weight excluding hydrogens is 496 g/mol. The van der Waals surface area contributed by atoms with Gasteiger partial charge in [-0.05, 0) is 49.2 Å². The van der Waals surface area contributed by atoms with Crippen molar-refractivity contribution in [2.75, 3.05) is 17.2 Å². The van der Waals surface area contributed by atoms with Crippen LogP contribution in [0.2, 0.25) is 0 Å². The van der Waals surface area contributed by atoms with Gasteiger partial charge in [-0.25, -0.2) is 14.0 Å². The molecule has 0 radical (unpaired) electrons. The maximum Gasteiger partial charge on any atom is 0.416 e. The van der Waals surface area contributed by atoms with E-state index in [1.165, 1.54) is 35.4 Å². The molecule has 0 bridgehead atoms. The number of aromatic carboxylic acids is 1. The van der Waals surface area contributed by atoms with E-state index in [1.54, 1.807) is 0 Å². The summed E-state index contributed by atoms with van der Waals surface area (Å²) in [5, 5.41) is 14.0. The van der Waals surface area contributed by atoms with Gasteiger partial charge in [0.2, 0.25) is 5.91 Å². The van der Waals surface area contributed by atoms with Crippen LogP contribution in [0.25, 0.3) is 11.3 Å². The van der Waals surface area contributed by atoms with Gasteiger partial charge in [0, 0.05) is 23.9 Å². The van der Waals surface area contributed by atoms with Crippen molar-refractivity contribution in [3.63, 3.8) is 0 Å². The average Bonchev–Trinajstić information content (AvgIpc) is 3.34. The van der Waals surface area contributed by atoms with Crippen LogP contribution in [0.3, 0.4) is 0 Å². The van der Waals surface area contributed by atoms with Gasteiger partial charge in [0.25, 0.3) is 0 Å². The highest BCUT2D eigenvalue weighted by atomic mass is 19.4. The molecule has 0 unspecified atom stereocenters. The first kappa shape index (κ1) is 25.6. The smallest absolute Gasteiger partial charge is 0.416 e. The molecular formula is C25H20F4N4O4. The molecule has 192 valence electrons. The number of rotatable bonds is 5. The van der Waals surface area contributed by atoms with E-state index in [9.17, 15) is 31.9 Å². The van der Waals surface area contributed by atoms with E-state index in [0.717, 1.165) is 30.3 Å². The number of likely N-dealkylation sites (tertiary alicyclic amines) is 1. The van der Waals surface area contributed by atoms with Crippen molar-refractivity contribution in [1.82, 2.24) is 9.88 Å². The van der Waals surface area contributed by atoms with Crippen LogP contribution in [0.1, 0.15) is 28.8 Å². The van der Waals surface area contributed by atoms with Crippen molar-refractivity contribution in [1.29, 1.82) is 0 Å². The fourth-order valence-corrected chi connectivity index (χ4v) is 3.94. The third-order valence-electron chi connectivity index (χ3n) is 5.79. The Morgan fingerprint density at radius 2 is 1.65 bits per heavy atom. The molecule has 8 nitrogen and oxygen atoms in total. The Morgan fingerprint density at radius 1 is 0.973 bits per heavy atom. The van der Waals surface area contributed by atoms with Gasteiger partial charge >= 0.3 is 18.2 Å². The van der Waals surface area contributed by atoms with Gasteiger partial charge in [0.15, 0.2) is 5.82 Å². The van der Waals surface area contributed by atoms with Gasteiger partial charge < -0.3 is 20.6 Å². The number of benzene rings is 2. The lowest BCUT2D eigenvalue weighted by Gasteiger charge is -2.24. The first-order chi connectivity index (χ1) is 17.5. The van der Waals surface area contributed by atoms with Crippen LogP contribution in [0.4, 0.5) is 33.7 Å². The quantitative estimate of drug-likeness (QED) is 0.402. The van der Waals surface area contributed by atoms with Gasteiger partial charge in [0.1, 0.15) is 11.7 Å². The zero-order chi connectivity index (χ0) is 26.7. The minimum absolute atomic E-state index is 0.0339. The first-order valence-corrected chi connectivity index (χ1v) is 11.1. The van der Waals surface area contributed by atoms with E-state index in [2.05, 4.69) is 15.6 Å². The third kappa shape index (κ3) is 5.85. The highest BCUT2D eigenvalue weighted by Gasteiger charge is 2.35. The topological polar surface area (TPSA) is 112 Å². The van der Waals surface area contributed by atoms with E-state index in [1.807, 2.05) is 0 Å². The fraction of sp³-hybridized carbons (Fsp3) is 0.200. The SMILES string of the molecule is O=C(O)c1ccc(-c2ncc(NC(=O)[C@H]3CCCN3C(=O)Nc3ccc(C(F)(F)F)cc3)cc2F)cc1. The number of nitrogens with zero attached hydrogens (tertiary/aromatic N) is 2. The number of carboxylic acids is 1. The standard InChI is InChI=1S/C25H20F4N4O4/c26-19-12-18(13-30-21(19)14-3-5-15(6-4-14)23(35)36)31-22(34)20-2-1-11-33(20)24(37)32-17-9-7-16(8-10-17)25(27,28)29/h3-10,12-13,20H,1-2,11H2,(H,31,34)(H,32,37)(H,35,36)/t20-/m1/s1. The van der Waals surface area contributed by atoms with E-state index < -0.39 is 41.5 Å². The Morgan fingerprint density at radius 3 is 2.24 bits per heavy atom. The van der Waals surface area contributed by atoms with Crippen molar-refractivity contribution < 1.29 is 37.1 Å². The molecule has 12 heteroatoms. The summed E-state index contributed by atoms with van der Waals surface area (Å²) in [6.45, 7) is 0.252. The van der Waals surface area contributed by atoms with Gasteiger partial charge in [0.05, 0.1) is 23.0 Å². The molecule has 1 aromatic heterocycles. The highest BCUT2D eigenvalue weighted by molar-refractivity contribution is 5.99. The zero-order valence-electron chi connectivity index (χ0n) is 19.1. The Labute approximate surface area is 207 Å². The van der Waals surface area contributed by atoms with E-state index in [0.29, 0.717) is 18.4 Å². The van der Waals surface area contributed by atoms with Crippen LogP contribution in [0.15, 0.2) is 60.8 Å². The molecule has 1 fully saturated rings. The normalized spacial score (nSPS) is 15.4. The molecule has 1 atom stereocenters. The predicted molar refractivity (Wildman–Crippen MR) is 125 cm³/mol. The Balaban J connectivity index is 1.41. The van der Waals surface area contributed by atoms with Gasteiger partial charge in [-0.2, -0.15) is 13.2 Å². The number of carbonyl (C=O) groups excluding carboxylic acids is 2. The number of nitrogens with one attached hydrogen (secondary N) is 2. The van der Waals surface area contributed by atoms with Crippen molar-refractivity contribution >= 4 is 29.3 Å². The fourth-order valence-electron chi connectivity index (χ4n) is 3.94. The Hall–Kier alpha value is -4.48. The summed E-state index contributed by atoms with van der Waals surface area (Å²) in [6.07, 6.45) is -2.40. The molecule has 3 amide bonds. The molecule has 1 aliphatic heterocycles. The zero-order valence-corrected chi connectivity index (χ0v) is 19.1. The van der Waals surface area contributed by atoms with E-state index in [4.69, 9.17) is 5.11 Å². The van der Waals surface area contributed by atoms with Crippen molar-refractivity contribution in [2.24, 2.45) is 0 Å². The monoisotopic (exact) mass is 516 g/mol. The molecule has 0 spiro atoms. The second-order valence-electron chi connectivity index (χ2n) is 8.28. The maximum atomic E-state index is 14.7. The summed E-state index contributed by atoms with van der Waals surface area (Å²) < 4.78 is 52.9. The number of pyridine rings is 1.